The van der Waals surface area contributed by atoms with Crippen LogP contribution in [0.3, 0.4) is 0 Å². The highest BCUT2D eigenvalue weighted by molar-refractivity contribution is 8.00. The summed E-state index contributed by atoms with van der Waals surface area (Å²) in [6.07, 6.45) is 2.56. The fourth-order valence-electron chi connectivity index (χ4n) is 1.76. The monoisotopic (exact) mass is 286 g/mol. The molecule has 1 aromatic rings. The largest absolute Gasteiger partial charge is 0.481 e. The Kier molecular flexibility index (Phi) is 4.17. The molecule has 1 atom stereocenters. The Morgan fingerprint density at radius 2 is 2.44 bits per heavy atom. The van der Waals surface area contributed by atoms with Crippen molar-refractivity contribution in [3.05, 3.63) is 11.1 Å². The van der Waals surface area contributed by atoms with Crippen molar-refractivity contribution < 1.29 is 9.90 Å². The zero-order valence-corrected chi connectivity index (χ0v) is 12.2. The van der Waals surface area contributed by atoms with Crippen molar-refractivity contribution >= 4 is 34.2 Å². The summed E-state index contributed by atoms with van der Waals surface area (Å²) in [5.74, 6) is 0.410. The first-order valence-electron chi connectivity index (χ1n) is 6.05. The van der Waals surface area contributed by atoms with Gasteiger partial charge in [-0.15, -0.1) is 11.3 Å². The zero-order chi connectivity index (χ0) is 13.2. The molecule has 1 saturated heterocycles. The molecule has 2 heterocycles. The van der Waals surface area contributed by atoms with Gasteiger partial charge in [0, 0.05) is 17.2 Å². The van der Waals surface area contributed by atoms with Crippen molar-refractivity contribution in [3.8, 4) is 0 Å². The van der Waals surface area contributed by atoms with Gasteiger partial charge >= 0.3 is 5.97 Å². The SMILES string of the molecule is CC(C)(C(=O)O)c1csc(NCC2CCCS2)n1. The topological polar surface area (TPSA) is 62.2 Å². The van der Waals surface area contributed by atoms with Gasteiger partial charge in [0.05, 0.1) is 5.69 Å². The molecule has 100 valence electrons. The molecule has 1 fully saturated rings. The van der Waals surface area contributed by atoms with E-state index in [9.17, 15) is 4.79 Å². The average Bonchev–Trinajstić information content (AvgIpc) is 2.97. The van der Waals surface area contributed by atoms with E-state index in [-0.39, 0.29) is 0 Å². The van der Waals surface area contributed by atoms with Gasteiger partial charge in [-0.1, -0.05) is 0 Å². The minimum atomic E-state index is -0.918. The van der Waals surface area contributed by atoms with Crippen LogP contribution in [0.15, 0.2) is 5.38 Å². The predicted molar refractivity (Wildman–Crippen MR) is 76.7 cm³/mol. The van der Waals surface area contributed by atoms with Crippen molar-refractivity contribution in [1.82, 2.24) is 4.98 Å². The molecule has 2 N–H and O–H groups in total. The van der Waals surface area contributed by atoms with Gasteiger partial charge < -0.3 is 10.4 Å². The molecule has 1 aliphatic rings. The first-order chi connectivity index (χ1) is 8.50. The van der Waals surface area contributed by atoms with Crippen molar-refractivity contribution in [2.75, 3.05) is 17.6 Å². The summed E-state index contributed by atoms with van der Waals surface area (Å²) in [7, 11) is 0. The van der Waals surface area contributed by atoms with Gasteiger partial charge in [-0.25, -0.2) is 4.98 Å². The predicted octanol–water partition coefficient (Wildman–Crippen LogP) is 2.81. The maximum atomic E-state index is 11.1. The van der Waals surface area contributed by atoms with E-state index in [1.807, 2.05) is 17.1 Å². The number of carboxylic acid groups (broad SMARTS) is 1. The van der Waals surface area contributed by atoms with E-state index in [0.717, 1.165) is 11.7 Å². The number of nitrogens with one attached hydrogen (secondary N) is 1. The number of aromatic nitrogens is 1. The number of nitrogens with zero attached hydrogens (tertiary/aromatic N) is 1. The summed E-state index contributed by atoms with van der Waals surface area (Å²) in [5, 5.41) is 15.8. The van der Waals surface area contributed by atoms with Gasteiger partial charge in [0.15, 0.2) is 5.13 Å². The van der Waals surface area contributed by atoms with E-state index in [0.29, 0.717) is 10.9 Å². The lowest BCUT2D eigenvalue weighted by molar-refractivity contribution is -0.142. The van der Waals surface area contributed by atoms with Gasteiger partial charge in [0.25, 0.3) is 0 Å². The molecular formula is C12H18N2O2S2. The number of aliphatic carboxylic acids is 1. The zero-order valence-electron chi connectivity index (χ0n) is 10.6. The Balaban J connectivity index is 1.95. The quantitative estimate of drug-likeness (QED) is 0.871. The smallest absolute Gasteiger partial charge is 0.315 e. The van der Waals surface area contributed by atoms with Gasteiger partial charge in [-0.2, -0.15) is 11.8 Å². The molecular weight excluding hydrogens is 268 g/mol. The molecule has 1 aliphatic heterocycles. The first kappa shape index (κ1) is 13.7. The summed E-state index contributed by atoms with van der Waals surface area (Å²) in [4.78, 5) is 15.5. The van der Waals surface area contributed by atoms with Gasteiger partial charge in [0.1, 0.15) is 5.41 Å². The van der Waals surface area contributed by atoms with E-state index in [1.165, 1.54) is 29.9 Å². The van der Waals surface area contributed by atoms with Crippen LogP contribution >= 0.6 is 23.1 Å². The Morgan fingerprint density at radius 1 is 1.67 bits per heavy atom. The molecule has 0 spiro atoms. The van der Waals surface area contributed by atoms with Crippen LogP contribution in [0.1, 0.15) is 32.4 Å². The molecule has 0 amide bonds. The minimum absolute atomic E-state index is 0.626. The lowest BCUT2D eigenvalue weighted by atomic mass is 9.90. The van der Waals surface area contributed by atoms with E-state index in [4.69, 9.17) is 5.11 Å². The Labute approximate surface area is 115 Å². The van der Waals surface area contributed by atoms with Crippen LogP contribution in [0, 0.1) is 0 Å². The van der Waals surface area contributed by atoms with Gasteiger partial charge in [-0.3, -0.25) is 4.79 Å². The van der Waals surface area contributed by atoms with E-state index in [2.05, 4.69) is 10.3 Å². The Hall–Kier alpha value is -0.750. The maximum Gasteiger partial charge on any atom is 0.315 e. The molecule has 0 radical (unpaired) electrons. The summed E-state index contributed by atoms with van der Waals surface area (Å²) < 4.78 is 0. The second-order valence-electron chi connectivity index (χ2n) is 4.98. The Bertz CT molecular complexity index is 425. The van der Waals surface area contributed by atoms with Crippen molar-refractivity contribution in [3.63, 3.8) is 0 Å². The van der Waals surface area contributed by atoms with E-state index >= 15 is 0 Å². The van der Waals surface area contributed by atoms with Gasteiger partial charge in [0.2, 0.25) is 0 Å². The molecule has 0 aromatic carbocycles. The number of anilines is 1. The summed E-state index contributed by atoms with van der Waals surface area (Å²) in [6, 6.07) is 0. The lowest BCUT2D eigenvalue weighted by Gasteiger charge is -2.15. The average molecular weight is 286 g/mol. The third-order valence-corrected chi connectivity index (χ3v) is 5.38. The van der Waals surface area contributed by atoms with Crippen LogP contribution in [0.4, 0.5) is 5.13 Å². The number of carboxylic acids is 1. The molecule has 4 nitrogen and oxygen atoms in total. The molecule has 0 aliphatic carbocycles. The highest BCUT2D eigenvalue weighted by Crippen LogP contribution is 2.29. The highest BCUT2D eigenvalue weighted by Gasteiger charge is 2.32. The maximum absolute atomic E-state index is 11.1. The molecule has 0 saturated carbocycles. The summed E-state index contributed by atoms with van der Waals surface area (Å²) in [6.45, 7) is 4.28. The highest BCUT2D eigenvalue weighted by atomic mass is 32.2. The summed E-state index contributed by atoms with van der Waals surface area (Å²) in [5.41, 5.74) is -0.292. The van der Waals surface area contributed by atoms with E-state index < -0.39 is 11.4 Å². The first-order valence-corrected chi connectivity index (χ1v) is 7.98. The number of thioether (sulfide) groups is 1. The third-order valence-electron chi connectivity index (χ3n) is 3.18. The normalized spacial score (nSPS) is 20.0. The van der Waals surface area contributed by atoms with Crippen LogP contribution in [0.25, 0.3) is 0 Å². The van der Waals surface area contributed by atoms with Crippen LogP contribution < -0.4 is 5.32 Å². The molecule has 18 heavy (non-hydrogen) atoms. The van der Waals surface area contributed by atoms with Crippen molar-refractivity contribution in [2.24, 2.45) is 0 Å². The number of thiazole rings is 1. The van der Waals surface area contributed by atoms with E-state index in [1.54, 1.807) is 13.8 Å². The number of hydrogen-bond acceptors (Lipinski definition) is 5. The van der Waals surface area contributed by atoms with Crippen LogP contribution in [-0.4, -0.2) is 33.6 Å². The van der Waals surface area contributed by atoms with Crippen molar-refractivity contribution in [1.29, 1.82) is 0 Å². The molecule has 1 aromatic heterocycles. The fraction of sp³-hybridized carbons (Fsp3) is 0.667. The standard InChI is InChI=1S/C12H18N2O2S2/c1-12(2,10(15)16)9-7-18-11(14-9)13-6-8-4-3-5-17-8/h7-8H,3-6H2,1-2H3,(H,13,14)(H,15,16). The third kappa shape index (κ3) is 2.98. The van der Waals surface area contributed by atoms with Crippen LogP contribution in [0.2, 0.25) is 0 Å². The Morgan fingerprint density at radius 3 is 3.06 bits per heavy atom. The second-order valence-corrected chi connectivity index (χ2v) is 7.25. The number of hydrogen-bond donors (Lipinski definition) is 2. The second kappa shape index (κ2) is 5.48. The number of rotatable bonds is 5. The minimum Gasteiger partial charge on any atom is -0.481 e. The van der Waals surface area contributed by atoms with Gasteiger partial charge in [-0.05, 0) is 32.4 Å². The molecule has 1 unspecified atom stereocenters. The lowest BCUT2D eigenvalue weighted by Crippen LogP contribution is -2.28. The summed E-state index contributed by atoms with van der Waals surface area (Å²) >= 11 is 3.48. The fourth-order valence-corrected chi connectivity index (χ4v) is 3.85. The molecule has 6 heteroatoms. The number of carbonyl (C=O) groups is 1. The van der Waals surface area contributed by atoms with Crippen LogP contribution in [-0.2, 0) is 10.2 Å². The molecule has 0 bridgehead atoms. The van der Waals surface area contributed by atoms with Crippen molar-refractivity contribution in [2.45, 2.75) is 37.4 Å². The molecule has 2 rings (SSSR count). The van der Waals surface area contributed by atoms with Crippen LogP contribution in [0.5, 0.6) is 0 Å².